The molecule has 0 spiro atoms. The topological polar surface area (TPSA) is 88.2 Å². The molecule has 0 bridgehead atoms. The number of piperazine rings is 1. The fourth-order valence-corrected chi connectivity index (χ4v) is 6.02. The SMILES string of the molecule is Cc1ccc(NS(=O)(=O)c2cc(C(=O)N3CCN(Cc4ccc5c(c4)OCO5)CC3)ccc2Cl)cc1C. The van der Waals surface area contributed by atoms with Crippen molar-refractivity contribution in [1.82, 2.24) is 9.80 Å². The number of aryl methyl sites for hydroxylation is 2. The Bertz CT molecular complexity index is 1450. The van der Waals surface area contributed by atoms with Gasteiger partial charge in [-0.05, 0) is 73.0 Å². The summed E-state index contributed by atoms with van der Waals surface area (Å²) in [6.07, 6.45) is 0. The molecule has 0 aliphatic carbocycles. The molecular formula is C27H28ClN3O5S. The molecule has 194 valence electrons. The average Bonchev–Trinajstić information content (AvgIpc) is 3.34. The molecule has 1 N–H and O–H groups in total. The van der Waals surface area contributed by atoms with E-state index in [0.29, 0.717) is 31.9 Å². The van der Waals surface area contributed by atoms with Crippen molar-refractivity contribution in [1.29, 1.82) is 0 Å². The Hall–Kier alpha value is -3.27. The highest BCUT2D eigenvalue weighted by Crippen LogP contribution is 2.33. The molecule has 0 unspecified atom stereocenters. The van der Waals surface area contributed by atoms with Crippen molar-refractivity contribution in [2.45, 2.75) is 25.3 Å². The number of nitrogens with one attached hydrogen (secondary N) is 1. The number of carbonyl (C=O) groups is 1. The van der Waals surface area contributed by atoms with E-state index in [4.69, 9.17) is 21.1 Å². The van der Waals surface area contributed by atoms with Crippen LogP contribution in [0.15, 0.2) is 59.5 Å². The molecule has 10 heteroatoms. The summed E-state index contributed by atoms with van der Waals surface area (Å²) in [6, 6.07) is 15.6. The van der Waals surface area contributed by atoms with Crippen LogP contribution in [0.5, 0.6) is 11.5 Å². The number of carbonyl (C=O) groups excluding carboxylic acids is 1. The summed E-state index contributed by atoms with van der Waals surface area (Å²) in [5, 5.41) is 0.0569. The van der Waals surface area contributed by atoms with Crippen LogP contribution in [0.4, 0.5) is 5.69 Å². The third-order valence-corrected chi connectivity index (χ3v) is 8.59. The first-order valence-corrected chi connectivity index (χ1v) is 13.9. The zero-order valence-corrected chi connectivity index (χ0v) is 22.2. The maximum atomic E-state index is 13.2. The minimum absolute atomic E-state index is 0.0569. The van der Waals surface area contributed by atoms with Gasteiger partial charge in [0.1, 0.15) is 4.90 Å². The van der Waals surface area contributed by atoms with E-state index < -0.39 is 10.0 Å². The van der Waals surface area contributed by atoms with Crippen LogP contribution in [-0.4, -0.2) is 57.1 Å². The summed E-state index contributed by atoms with van der Waals surface area (Å²) in [6.45, 7) is 7.33. The van der Waals surface area contributed by atoms with E-state index in [0.717, 1.165) is 34.7 Å². The van der Waals surface area contributed by atoms with E-state index in [-0.39, 0.29) is 28.2 Å². The molecule has 2 aliphatic heterocycles. The third kappa shape index (κ3) is 5.53. The zero-order valence-electron chi connectivity index (χ0n) is 20.7. The van der Waals surface area contributed by atoms with Crippen molar-refractivity contribution in [3.8, 4) is 11.5 Å². The van der Waals surface area contributed by atoms with Crippen LogP contribution in [0.1, 0.15) is 27.0 Å². The maximum Gasteiger partial charge on any atom is 0.263 e. The second kappa shape index (κ2) is 10.2. The average molecular weight is 542 g/mol. The first-order chi connectivity index (χ1) is 17.7. The monoisotopic (exact) mass is 541 g/mol. The van der Waals surface area contributed by atoms with Crippen LogP contribution in [0.25, 0.3) is 0 Å². The lowest BCUT2D eigenvalue weighted by Crippen LogP contribution is -2.48. The number of anilines is 1. The van der Waals surface area contributed by atoms with Crippen molar-refractivity contribution in [3.63, 3.8) is 0 Å². The number of fused-ring (bicyclic) bond motifs is 1. The second-order valence-electron chi connectivity index (χ2n) is 9.31. The molecule has 0 radical (unpaired) electrons. The Balaban J connectivity index is 1.24. The largest absolute Gasteiger partial charge is 0.454 e. The van der Waals surface area contributed by atoms with E-state index in [1.165, 1.54) is 12.1 Å². The van der Waals surface area contributed by atoms with Crippen molar-refractivity contribution in [2.75, 3.05) is 37.7 Å². The molecule has 37 heavy (non-hydrogen) atoms. The molecule has 0 atom stereocenters. The number of hydrogen-bond donors (Lipinski definition) is 1. The van der Waals surface area contributed by atoms with Gasteiger partial charge in [-0.15, -0.1) is 0 Å². The normalized spacial score (nSPS) is 15.6. The quantitative estimate of drug-likeness (QED) is 0.496. The molecule has 3 aromatic rings. The van der Waals surface area contributed by atoms with Gasteiger partial charge in [0.05, 0.1) is 5.02 Å². The Morgan fingerprint density at radius 3 is 2.43 bits per heavy atom. The summed E-state index contributed by atoms with van der Waals surface area (Å²) in [5.74, 6) is 1.29. The van der Waals surface area contributed by atoms with E-state index in [1.807, 2.05) is 38.1 Å². The minimum Gasteiger partial charge on any atom is -0.454 e. The molecular weight excluding hydrogens is 514 g/mol. The van der Waals surface area contributed by atoms with Crippen molar-refractivity contribution in [3.05, 3.63) is 81.9 Å². The van der Waals surface area contributed by atoms with Crippen LogP contribution in [0.2, 0.25) is 5.02 Å². The van der Waals surface area contributed by atoms with Gasteiger partial charge in [0, 0.05) is 44.0 Å². The molecule has 8 nitrogen and oxygen atoms in total. The van der Waals surface area contributed by atoms with Gasteiger partial charge in [0.2, 0.25) is 6.79 Å². The van der Waals surface area contributed by atoms with Crippen molar-refractivity contribution >= 4 is 33.2 Å². The summed E-state index contributed by atoms with van der Waals surface area (Å²) in [5.41, 5.74) is 3.87. The van der Waals surface area contributed by atoms with Crippen LogP contribution in [-0.2, 0) is 16.6 Å². The smallest absolute Gasteiger partial charge is 0.263 e. The lowest BCUT2D eigenvalue weighted by molar-refractivity contribution is 0.0628. The highest BCUT2D eigenvalue weighted by Gasteiger charge is 2.26. The van der Waals surface area contributed by atoms with Gasteiger partial charge in [-0.2, -0.15) is 0 Å². The molecule has 0 aromatic heterocycles. The predicted octanol–water partition coefficient (Wildman–Crippen LogP) is 4.44. The van der Waals surface area contributed by atoms with Gasteiger partial charge in [-0.25, -0.2) is 8.42 Å². The van der Waals surface area contributed by atoms with E-state index in [9.17, 15) is 13.2 Å². The number of sulfonamides is 1. The Labute approximate surface area is 221 Å². The molecule has 2 aliphatic rings. The van der Waals surface area contributed by atoms with E-state index in [1.54, 1.807) is 23.1 Å². The summed E-state index contributed by atoms with van der Waals surface area (Å²) in [4.78, 5) is 17.1. The number of halogens is 1. The lowest BCUT2D eigenvalue weighted by Gasteiger charge is -2.35. The van der Waals surface area contributed by atoms with Gasteiger partial charge < -0.3 is 14.4 Å². The fraction of sp³-hybridized carbons (Fsp3) is 0.296. The zero-order chi connectivity index (χ0) is 26.2. The fourth-order valence-electron chi connectivity index (χ4n) is 4.45. The summed E-state index contributed by atoms with van der Waals surface area (Å²) in [7, 11) is -3.99. The standard InChI is InChI=1S/C27H28ClN3O5S/c1-18-3-6-22(13-19(18)2)29-37(33,34)26-15-21(5-7-23(26)28)27(32)31-11-9-30(10-12-31)16-20-4-8-24-25(14-20)36-17-35-24/h3-8,13-15,29H,9-12,16-17H2,1-2H3. The number of nitrogens with zero attached hydrogens (tertiary/aromatic N) is 2. The van der Waals surface area contributed by atoms with Gasteiger partial charge in [0.15, 0.2) is 11.5 Å². The van der Waals surface area contributed by atoms with Crippen molar-refractivity contribution < 1.29 is 22.7 Å². The molecule has 3 aromatic carbocycles. The van der Waals surface area contributed by atoms with Gasteiger partial charge >= 0.3 is 0 Å². The minimum atomic E-state index is -3.99. The maximum absolute atomic E-state index is 13.2. The van der Waals surface area contributed by atoms with Gasteiger partial charge in [-0.3, -0.25) is 14.4 Å². The first kappa shape index (κ1) is 25.4. The number of ether oxygens (including phenoxy) is 2. The van der Waals surface area contributed by atoms with Crippen molar-refractivity contribution in [2.24, 2.45) is 0 Å². The summed E-state index contributed by atoms with van der Waals surface area (Å²) < 4.78 is 39.6. The van der Waals surface area contributed by atoms with Crippen LogP contribution in [0, 0.1) is 13.8 Å². The van der Waals surface area contributed by atoms with Crippen LogP contribution in [0.3, 0.4) is 0 Å². The Morgan fingerprint density at radius 1 is 0.919 bits per heavy atom. The molecule has 1 amide bonds. The third-order valence-electron chi connectivity index (χ3n) is 6.73. The van der Waals surface area contributed by atoms with Gasteiger partial charge in [-0.1, -0.05) is 23.7 Å². The first-order valence-electron chi connectivity index (χ1n) is 12.0. The Morgan fingerprint density at radius 2 is 1.68 bits per heavy atom. The summed E-state index contributed by atoms with van der Waals surface area (Å²) >= 11 is 6.26. The van der Waals surface area contributed by atoms with Crippen LogP contribution < -0.4 is 14.2 Å². The lowest BCUT2D eigenvalue weighted by atomic mass is 10.1. The number of benzene rings is 3. The number of rotatable bonds is 6. The highest BCUT2D eigenvalue weighted by molar-refractivity contribution is 7.92. The Kier molecular flexibility index (Phi) is 7.02. The second-order valence-corrected chi connectivity index (χ2v) is 11.4. The highest BCUT2D eigenvalue weighted by atomic mass is 35.5. The van der Waals surface area contributed by atoms with Gasteiger partial charge in [0.25, 0.3) is 15.9 Å². The molecule has 5 rings (SSSR count). The van der Waals surface area contributed by atoms with Crippen LogP contribution >= 0.6 is 11.6 Å². The molecule has 1 saturated heterocycles. The van der Waals surface area contributed by atoms with E-state index >= 15 is 0 Å². The molecule has 1 fully saturated rings. The molecule has 0 saturated carbocycles. The molecule has 2 heterocycles. The predicted molar refractivity (Wildman–Crippen MR) is 142 cm³/mol. The number of hydrogen-bond acceptors (Lipinski definition) is 6. The number of amides is 1. The van der Waals surface area contributed by atoms with E-state index in [2.05, 4.69) is 9.62 Å².